The number of halogens is 1. The maximum Gasteiger partial charge on any atom is 0.274 e. The number of aromatic nitrogens is 1. The summed E-state index contributed by atoms with van der Waals surface area (Å²) in [5.41, 5.74) is 0.794. The van der Waals surface area contributed by atoms with Crippen molar-refractivity contribution in [3.8, 4) is 0 Å². The van der Waals surface area contributed by atoms with E-state index in [0.717, 1.165) is 19.3 Å². The number of benzene rings is 1. The molecule has 0 bridgehead atoms. The minimum absolute atomic E-state index is 0.0977. The van der Waals surface area contributed by atoms with Crippen molar-refractivity contribution in [1.82, 2.24) is 10.3 Å². The minimum atomic E-state index is -0.499. The fourth-order valence-electron chi connectivity index (χ4n) is 2.14. The molecule has 0 saturated heterocycles. The number of pyridine rings is 1. The lowest BCUT2D eigenvalue weighted by molar-refractivity contribution is 0.0953. The van der Waals surface area contributed by atoms with E-state index >= 15 is 0 Å². The molecular formula is C18H20FN3O2. The number of carbonyl (C=O) groups excluding carboxylic acids is 2. The van der Waals surface area contributed by atoms with Gasteiger partial charge in [0.05, 0.1) is 0 Å². The molecule has 0 aliphatic carbocycles. The lowest BCUT2D eigenvalue weighted by atomic mass is 10.2. The molecule has 5 nitrogen and oxygen atoms in total. The predicted molar refractivity (Wildman–Crippen MR) is 90.4 cm³/mol. The summed E-state index contributed by atoms with van der Waals surface area (Å²) in [5.74, 6) is -1.18. The van der Waals surface area contributed by atoms with E-state index in [1.807, 2.05) is 0 Å². The van der Waals surface area contributed by atoms with Crippen LogP contribution in [-0.2, 0) is 0 Å². The van der Waals surface area contributed by atoms with Crippen LogP contribution in [0.5, 0.6) is 0 Å². The molecule has 0 aliphatic rings. The van der Waals surface area contributed by atoms with Crippen LogP contribution >= 0.6 is 0 Å². The number of nitrogens with one attached hydrogen (secondary N) is 2. The van der Waals surface area contributed by atoms with E-state index in [2.05, 4.69) is 22.5 Å². The van der Waals surface area contributed by atoms with E-state index in [9.17, 15) is 14.0 Å². The summed E-state index contributed by atoms with van der Waals surface area (Å²) in [6, 6.07) is 8.54. The van der Waals surface area contributed by atoms with Crippen LogP contribution in [-0.4, -0.2) is 23.3 Å². The van der Waals surface area contributed by atoms with E-state index in [1.54, 1.807) is 12.1 Å². The standard InChI is InChI=1S/C18H20FN3O2/c1-2-3-4-9-21-17(23)13-8-10-20-16(11-13)18(24)22-15-7-5-6-14(19)12-15/h5-8,10-12H,2-4,9H2,1H3,(H,21,23)(H,22,24). The lowest BCUT2D eigenvalue weighted by Crippen LogP contribution is -2.25. The zero-order valence-corrected chi connectivity index (χ0v) is 13.5. The maximum atomic E-state index is 13.1. The number of unbranched alkanes of at least 4 members (excludes halogenated alkanes) is 2. The van der Waals surface area contributed by atoms with Gasteiger partial charge in [-0.25, -0.2) is 4.39 Å². The van der Waals surface area contributed by atoms with Crippen LogP contribution in [0.4, 0.5) is 10.1 Å². The van der Waals surface area contributed by atoms with Crippen molar-refractivity contribution in [2.75, 3.05) is 11.9 Å². The molecule has 0 aliphatic heterocycles. The summed E-state index contributed by atoms with van der Waals surface area (Å²) in [4.78, 5) is 28.2. The van der Waals surface area contributed by atoms with E-state index < -0.39 is 11.7 Å². The normalized spacial score (nSPS) is 10.2. The molecule has 126 valence electrons. The Morgan fingerprint density at radius 3 is 2.71 bits per heavy atom. The number of anilines is 1. The van der Waals surface area contributed by atoms with Crippen LogP contribution in [0, 0.1) is 5.82 Å². The van der Waals surface area contributed by atoms with Gasteiger partial charge in [0, 0.05) is 24.0 Å². The third-order valence-corrected chi connectivity index (χ3v) is 3.40. The number of hydrogen-bond acceptors (Lipinski definition) is 3. The number of carbonyl (C=O) groups is 2. The highest BCUT2D eigenvalue weighted by Crippen LogP contribution is 2.11. The smallest absolute Gasteiger partial charge is 0.274 e. The monoisotopic (exact) mass is 329 g/mol. The van der Waals surface area contributed by atoms with Crippen LogP contribution in [0.3, 0.4) is 0 Å². The Bertz CT molecular complexity index is 719. The fourth-order valence-corrected chi connectivity index (χ4v) is 2.14. The zero-order chi connectivity index (χ0) is 17.4. The van der Waals surface area contributed by atoms with Crippen molar-refractivity contribution in [3.05, 3.63) is 59.7 Å². The first-order valence-corrected chi connectivity index (χ1v) is 7.91. The van der Waals surface area contributed by atoms with Gasteiger partial charge in [0.15, 0.2) is 0 Å². The minimum Gasteiger partial charge on any atom is -0.352 e. The van der Waals surface area contributed by atoms with Gasteiger partial charge in [0.1, 0.15) is 11.5 Å². The molecule has 2 amide bonds. The van der Waals surface area contributed by atoms with Gasteiger partial charge in [-0.1, -0.05) is 25.8 Å². The summed E-state index contributed by atoms with van der Waals surface area (Å²) in [6.07, 6.45) is 4.45. The average molecular weight is 329 g/mol. The summed E-state index contributed by atoms with van der Waals surface area (Å²) in [5, 5.41) is 5.36. The zero-order valence-electron chi connectivity index (χ0n) is 13.5. The van der Waals surface area contributed by atoms with Crippen molar-refractivity contribution in [1.29, 1.82) is 0 Å². The fraction of sp³-hybridized carbons (Fsp3) is 0.278. The summed E-state index contributed by atoms with van der Waals surface area (Å²) < 4.78 is 13.1. The van der Waals surface area contributed by atoms with Crippen molar-refractivity contribution >= 4 is 17.5 Å². The first-order valence-electron chi connectivity index (χ1n) is 7.91. The van der Waals surface area contributed by atoms with Gasteiger partial charge in [-0.2, -0.15) is 0 Å². The maximum absolute atomic E-state index is 13.1. The molecule has 2 N–H and O–H groups in total. The highest BCUT2D eigenvalue weighted by molar-refractivity contribution is 6.04. The molecule has 0 atom stereocenters. The molecule has 24 heavy (non-hydrogen) atoms. The average Bonchev–Trinajstić information content (AvgIpc) is 2.58. The molecule has 0 fully saturated rings. The third kappa shape index (κ3) is 5.15. The van der Waals surface area contributed by atoms with Crippen molar-refractivity contribution < 1.29 is 14.0 Å². The highest BCUT2D eigenvalue weighted by Gasteiger charge is 2.12. The van der Waals surface area contributed by atoms with Gasteiger partial charge < -0.3 is 10.6 Å². The molecule has 0 unspecified atom stereocenters. The largest absolute Gasteiger partial charge is 0.352 e. The van der Waals surface area contributed by atoms with Crippen molar-refractivity contribution in [3.63, 3.8) is 0 Å². The third-order valence-electron chi connectivity index (χ3n) is 3.40. The molecule has 0 radical (unpaired) electrons. The molecule has 1 aromatic carbocycles. The lowest BCUT2D eigenvalue weighted by Gasteiger charge is -2.07. The molecule has 2 rings (SSSR count). The molecule has 6 heteroatoms. The Labute approximate surface area is 140 Å². The quantitative estimate of drug-likeness (QED) is 0.765. The summed E-state index contributed by atoms with van der Waals surface area (Å²) in [6.45, 7) is 2.69. The number of amides is 2. The Morgan fingerprint density at radius 1 is 1.12 bits per heavy atom. The first-order chi connectivity index (χ1) is 11.6. The second kappa shape index (κ2) is 8.76. The first kappa shape index (κ1) is 17.6. The molecular weight excluding hydrogens is 309 g/mol. The molecule has 1 heterocycles. The van der Waals surface area contributed by atoms with Crippen LogP contribution in [0.25, 0.3) is 0 Å². The van der Waals surface area contributed by atoms with E-state index in [-0.39, 0.29) is 11.6 Å². The Balaban J connectivity index is 2.01. The summed E-state index contributed by atoms with van der Waals surface area (Å²) in [7, 11) is 0. The second-order valence-electron chi connectivity index (χ2n) is 5.36. The Hall–Kier alpha value is -2.76. The van der Waals surface area contributed by atoms with Gasteiger partial charge in [-0.15, -0.1) is 0 Å². The molecule has 0 saturated carbocycles. The van der Waals surface area contributed by atoms with E-state index in [0.29, 0.717) is 17.8 Å². The molecule has 2 aromatic rings. The van der Waals surface area contributed by atoms with Crippen LogP contribution in [0.1, 0.15) is 47.0 Å². The number of rotatable bonds is 7. The Kier molecular flexibility index (Phi) is 6.42. The topological polar surface area (TPSA) is 71.1 Å². The SMILES string of the molecule is CCCCCNC(=O)c1ccnc(C(=O)Nc2cccc(F)c2)c1. The molecule has 0 spiro atoms. The van der Waals surface area contributed by atoms with Crippen LogP contribution < -0.4 is 10.6 Å². The van der Waals surface area contributed by atoms with E-state index in [4.69, 9.17) is 0 Å². The van der Waals surface area contributed by atoms with Gasteiger partial charge >= 0.3 is 0 Å². The van der Waals surface area contributed by atoms with Gasteiger partial charge in [0.2, 0.25) is 0 Å². The van der Waals surface area contributed by atoms with Crippen LogP contribution in [0.15, 0.2) is 42.6 Å². The van der Waals surface area contributed by atoms with Gasteiger partial charge in [-0.3, -0.25) is 14.6 Å². The molecule has 1 aromatic heterocycles. The van der Waals surface area contributed by atoms with Crippen LogP contribution in [0.2, 0.25) is 0 Å². The highest BCUT2D eigenvalue weighted by atomic mass is 19.1. The van der Waals surface area contributed by atoms with Gasteiger partial charge in [-0.05, 0) is 36.8 Å². The number of nitrogens with zero attached hydrogens (tertiary/aromatic N) is 1. The van der Waals surface area contributed by atoms with Crippen molar-refractivity contribution in [2.45, 2.75) is 26.2 Å². The van der Waals surface area contributed by atoms with E-state index in [1.165, 1.54) is 30.5 Å². The Morgan fingerprint density at radius 2 is 1.96 bits per heavy atom. The predicted octanol–water partition coefficient (Wildman–Crippen LogP) is 3.39. The number of hydrogen-bond donors (Lipinski definition) is 2. The second-order valence-corrected chi connectivity index (χ2v) is 5.36. The van der Waals surface area contributed by atoms with Gasteiger partial charge in [0.25, 0.3) is 11.8 Å². The summed E-state index contributed by atoms with van der Waals surface area (Å²) >= 11 is 0. The van der Waals surface area contributed by atoms with Crippen molar-refractivity contribution in [2.24, 2.45) is 0 Å².